The molecule has 118 valence electrons. The average molecular weight is 322 g/mol. The Hall–Kier alpha value is -1.46. The van der Waals surface area contributed by atoms with Gasteiger partial charge in [0.2, 0.25) is 5.82 Å². The first-order chi connectivity index (χ1) is 10.7. The molecule has 1 heterocycles. The fraction of sp³-hybridized carbons (Fsp3) is 0.412. The molecule has 0 fully saturated rings. The molecule has 0 saturated heterocycles. The van der Waals surface area contributed by atoms with Gasteiger partial charge >= 0.3 is 0 Å². The highest BCUT2D eigenvalue weighted by Crippen LogP contribution is 2.24. The molecule has 22 heavy (non-hydrogen) atoms. The maximum Gasteiger partial charge on any atom is 0.201 e. The van der Waals surface area contributed by atoms with Gasteiger partial charge in [-0.15, -0.1) is 0 Å². The molecule has 2 rings (SSSR count). The zero-order chi connectivity index (χ0) is 15.9. The number of ether oxygens (including phenoxy) is 2. The second-order valence-electron chi connectivity index (χ2n) is 5.16. The van der Waals surface area contributed by atoms with Crippen LogP contribution in [0, 0.1) is 11.6 Å². The van der Waals surface area contributed by atoms with Gasteiger partial charge in [-0.2, -0.15) is 4.39 Å². The molecular weight excluding hydrogens is 302 g/mol. The van der Waals surface area contributed by atoms with Crippen LogP contribution in [0.4, 0.5) is 8.78 Å². The highest BCUT2D eigenvalue weighted by atomic mass is 28.2. The van der Waals surface area contributed by atoms with Crippen molar-refractivity contribution >= 4 is 9.52 Å². The van der Waals surface area contributed by atoms with E-state index >= 15 is 0 Å². The minimum atomic E-state index is -0.961. The number of hydrogen-bond donors (Lipinski definition) is 0. The Morgan fingerprint density at radius 1 is 1.41 bits per heavy atom. The van der Waals surface area contributed by atoms with E-state index in [2.05, 4.69) is 19.6 Å². The second-order valence-corrected chi connectivity index (χ2v) is 6.57. The van der Waals surface area contributed by atoms with E-state index in [1.54, 1.807) is 6.07 Å². The maximum atomic E-state index is 14.0. The van der Waals surface area contributed by atoms with Crippen molar-refractivity contribution in [1.82, 2.24) is 0 Å². The van der Waals surface area contributed by atoms with Crippen LogP contribution in [-0.2, 0) is 10.8 Å². The summed E-state index contributed by atoms with van der Waals surface area (Å²) < 4.78 is 38.3. The van der Waals surface area contributed by atoms with Gasteiger partial charge in [0.1, 0.15) is 0 Å². The van der Waals surface area contributed by atoms with E-state index in [0.29, 0.717) is 27.7 Å². The molecule has 1 atom stereocenters. The summed E-state index contributed by atoms with van der Waals surface area (Å²) in [4.78, 5) is 0. The summed E-state index contributed by atoms with van der Waals surface area (Å²) in [6, 6.07) is 3.46. The molecule has 0 N–H and O–H groups in total. The van der Waals surface area contributed by atoms with E-state index in [0.717, 1.165) is 25.5 Å². The lowest BCUT2D eigenvalue weighted by molar-refractivity contribution is 0.114. The van der Waals surface area contributed by atoms with Crippen LogP contribution in [0.1, 0.15) is 31.7 Å². The van der Waals surface area contributed by atoms with Gasteiger partial charge in [0.05, 0.1) is 22.4 Å². The van der Waals surface area contributed by atoms with Gasteiger partial charge in [-0.3, -0.25) is 0 Å². The molecule has 0 aromatic heterocycles. The van der Waals surface area contributed by atoms with Crippen LogP contribution in [0.2, 0.25) is 0 Å². The molecule has 1 aromatic rings. The number of halogens is 2. The number of benzene rings is 1. The van der Waals surface area contributed by atoms with Gasteiger partial charge in [0, 0.05) is 5.73 Å². The summed E-state index contributed by atoms with van der Waals surface area (Å²) in [6.45, 7) is 6.14. The van der Waals surface area contributed by atoms with Crippen molar-refractivity contribution in [2.75, 3.05) is 6.61 Å². The third kappa shape index (κ3) is 4.27. The molecular formula is C17H20F2O2Si. The van der Waals surface area contributed by atoms with E-state index in [-0.39, 0.29) is 11.5 Å². The normalized spacial score (nSPS) is 18.0. The molecule has 2 radical (unpaired) electrons. The summed E-state index contributed by atoms with van der Waals surface area (Å²) in [6.07, 6.45) is 6.35. The van der Waals surface area contributed by atoms with Gasteiger partial charge in [-0.1, -0.05) is 32.1 Å². The Bertz CT molecular complexity index is 558. The zero-order valence-corrected chi connectivity index (χ0v) is 13.7. The van der Waals surface area contributed by atoms with Crippen molar-refractivity contribution in [3.63, 3.8) is 0 Å². The van der Waals surface area contributed by atoms with Crippen molar-refractivity contribution < 1.29 is 18.3 Å². The summed E-state index contributed by atoms with van der Waals surface area (Å²) in [5.41, 5.74) is 1.80. The van der Waals surface area contributed by atoms with Crippen molar-refractivity contribution in [3.05, 3.63) is 53.8 Å². The Kier molecular flexibility index (Phi) is 6.33. The fourth-order valence-corrected chi connectivity index (χ4v) is 3.57. The first-order valence-electron chi connectivity index (χ1n) is 7.43. The van der Waals surface area contributed by atoms with Gasteiger partial charge in [-0.25, -0.2) is 4.39 Å². The van der Waals surface area contributed by atoms with Crippen LogP contribution in [0.5, 0.6) is 5.75 Å². The zero-order valence-electron chi connectivity index (χ0n) is 12.7. The van der Waals surface area contributed by atoms with Crippen molar-refractivity contribution in [3.8, 4) is 5.75 Å². The van der Waals surface area contributed by atoms with Crippen molar-refractivity contribution in [1.29, 1.82) is 0 Å². The fourth-order valence-electron chi connectivity index (χ4n) is 2.36. The SMILES string of the molecule is C=COc1ccc(C[Si]C2CC=C(CCC)CO2)c(F)c1F. The summed E-state index contributed by atoms with van der Waals surface area (Å²) in [5, 5.41) is 0. The predicted molar refractivity (Wildman–Crippen MR) is 84.0 cm³/mol. The van der Waals surface area contributed by atoms with Crippen LogP contribution in [-0.4, -0.2) is 21.9 Å². The Balaban J connectivity index is 1.92. The smallest absolute Gasteiger partial charge is 0.201 e. The Morgan fingerprint density at radius 3 is 2.86 bits per heavy atom. The van der Waals surface area contributed by atoms with Gasteiger partial charge in [-0.05, 0) is 36.1 Å². The highest BCUT2D eigenvalue weighted by Gasteiger charge is 2.18. The summed E-state index contributed by atoms with van der Waals surface area (Å²) in [7, 11) is 0.407. The Labute approximate surface area is 132 Å². The molecule has 1 aromatic carbocycles. The van der Waals surface area contributed by atoms with E-state index in [1.165, 1.54) is 11.6 Å². The minimum Gasteiger partial charge on any atom is -0.462 e. The van der Waals surface area contributed by atoms with Crippen LogP contribution < -0.4 is 4.74 Å². The van der Waals surface area contributed by atoms with Crippen LogP contribution in [0.15, 0.2) is 36.6 Å². The lowest BCUT2D eigenvalue weighted by atomic mass is 10.1. The average Bonchev–Trinajstić information content (AvgIpc) is 2.53. The lowest BCUT2D eigenvalue weighted by Gasteiger charge is -2.22. The third-order valence-electron chi connectivity index (χ3n) is 3.52. The van der Waals surface area contributed by atoms with Gasteiger partial charge in [0.15, 0.2) is 11.6 Å². The first kappa shape index (κ1) is 16.9. The Morgan fingerprint density at radius 2 is 2.23 bits per heavy atom. The molecule has 2 nitrogen and oxygen atoms in total. The summed E-state index contributed by atoms with van der Waals surface area (Å²) in [5.74, 6) is -1.94. The molecule has 0 bridgehead atoms. The molecule has 0 amide bonds. The predicted octanol–water partition coefficient (Wildman–Crippen LogP) is 4.16. The highest BCUT2D eigenvalue weighted by molar-refractivity contribution is 6.36. The molecule has 1 aliphatic heterocycles. The van der Waals surface area contributed by atoms with Crippen LogP contribution in [0.25, 0.3) is 0 Å². The quantitative estimate of drug-likeness (QED) is 0.426. The van der Waals surface area contributed by atoms with E-state index in [9.17, 15) is 8.78 Å². The van der Waals surface area contributed by atoms with E-state index in [1.807, 2.05) is 0 Å². The van der Waals surface area contributed by atoms with E-state index in [4.69, 9.17) is 9.47 Å². The molecule has 1 unspecified atom stereocenters. The van der Waals surface area contributed by atoms with E-state index < -0.39 is 11.6 Å². The molecule has 5 heteroatoms. The van der Waals surface area contributed by atoms with Gasteiger partial charge < -0.3 is 9.47 Å². The minimum absolute atomic E-state index is 0.104. The van der Waals surface area contributed by atoms with Gasteiger partial charge in [0.25, 0.3) is 0 Å². The summed E-state index contributed by atoms with van der Waals surface area (Å²) >= 11 is 0. The standard InChI is InChI=1S/C17H20F2O2Si/c1-3-5-12-6-9-15(21-10-12)22-11-13-7-8-14(20-4-2)17(19)16(13)18/h4,6-8,15H,2-3,5,9-11H2,1H3. The number of hydrogen-bond acceptors (Lipinski definition) is 2. The van der Waals surface area contributed by atoms with Crippen molar-refractivity contribution in [2.24, 2.45) is 0 Å². The molecule has 0 spiro atoms. The molecule has 0 aliphatic carbocycles. The number of rotatable bonds is 7. The topological polar surface area (TPSA) is 18.5 Å². The van der Waals surface area contributed by atoms with Crippen molar-refractivity contribution in [2.45, 2.75) is 38.0 Å². The largest absolute Gasteiger partial charge is 0.462 e. The third-order valence-corrected chi connectivity index (χ3v) is 4.96. The monoisotopic (exact) mass is 322 g/mol. The van der Waals surface area contributed by atoms with Crippen LogP contribution in [0.3, 0.4) is 0 Å². The maximum absolute atomic E-state index is 14.0. The van der Waals surface area contributed by atoms with Crippen LogP contribution >= 0.6 is 0 Å². The molecule has 1 aliphatic rings. The second kappa shape index (κ2) is 8.24. The first-order valence-corrected chi connectivity index (χ1v) is 8.71. The molecule has 0 saturated carbocycles. The lowest BCUT2D eigenvalue weighted by Crippen LogP contribution is -2.26.